The molecule has 2 rings (SSSR count). The highest BCUT2D eigenvalue weighted by atomic mass is 16.5. The molecule has 2 N–H and O–H groups in total. The Bertz CT molecular complexity index is 629. The molecular formula is C17H21N3O3. The minimum absolute atomic E-state index is 0.243. The van der Waals surface area contributed by atoms with E-state index in [9.17, 15) is 4.79 Å². The van der Waals surface area contributed by atoms with Crippen molar-refractivity contribution in [2.24, 2.45) is 0 Å². The Hall–Kier alpha value is -2.76. The summed E-state index contributed by atoms with van der Waals surface area (Å²) in [6.45, 7) is 3.24. The van der Waals surface area contributed by atoms with Gasteiger partial charge in [-0.05, 0) is 30.7 Å². The van der Waals surface area contributed by atoms with Gasteiger partial charge in [0, 0.05) is 24.8 Å². The predicted molar refractivity (Wildman–Crippen MR) is 87.5 cm³/mol. The molecule has 1 aromatic heterocycles. The first-order valence-electron chi connectivity index (χ1n) is 7.44. The van der Waals surface area contributed by atoms with Crippen LogP contribution in [0.3, 0.4) is 0 Å². The van der Waals surface area contributed by atoms with Crippen LogP contribution in [0.25, 0.3) is 0 Å². The van der Waals surface area contributed by atoms with Crippen molar-refractivity contribution in [2.75, 3.05) is 13.7 Å². The van der Waals surface area contributed by atoms with E-state index in [2.05, 4.69) is 15.6 Å². The van der Waals surface area contributed by atoms with E-state index in [4.69, 9.17) is 9.47 Å². The summed E-state index contributed by atoms with van der Waals surface area (Å²) < 4.78 is 10.5. The van der Waals surface area contributed by atoms with E-state index in [0.717, 1.165) is 16.9 Å². The lowest BCUT2D eigenvalue weighted by Gasteiger charge is -2.11. The fourth-order valence-electron chi connectivity index (χ4n) is 1.99. The molecule has 0 radical (unpaired) electrons. The second-order valence-corrected chi connectivity index (χ2v) is 4.78. The molecule has 2 amide bonds. The average Bonchev–Trinajstić information content (AvgIpc) is 2.60. The Morgan fingerprint density at radius 2 is 1.87 bits per heavy atom. The highest BCUT2D eigenvalue weighted by Crippen LogP contribution is 2.14. The number of nitrogens with zero attached hydrogens (tertiary/aromatic N) is 1. The van der Waals surface area contributed by atoms with Gasteiger partial charge in [-0.2, -0.15) is 0 Å². The number of methoxy groups -OCH3 is 1. The molecule has 6 nitrogen and oxygen atoms in total. The number of urea groups is 1. The van der Waals surface area contributed by atoms with E-state index < -0.39 is 0 Å². The van der Waals surface area contributed by atoms with Gasteiger partial charge in [0.25, 0.3) is 0 Å². The first kappa shape index (κ1) is 16.6. The number of carbonyl (C=O) groups is 1. The average molecular weight is 315 g/mol. The molecule has 0 fully saturated rings. The van der Waals surface area contributed by atoms with Crippen molar-refractivity contribution in [3.05, 3.63) is 53.7 Å². The van der Waals surface area contributed by atoms with Crippen LogP contribution in [0.1, 0.15) is 18.1 Å². The number of aromatic nitrogens is 1. The molecule has 0 aliphatic carbocycles. The van der Waals surface area contributed by atoms with Gasteiger partial charge in [0.15, 0.2) is 0 Å². The third-order valence-electron chi connectivity index (χ3n) is 3.18. The van der Waals surface area contributed by atoms with Gasteiger partial charge in [-0.3, -0.25) is 0 Å². The van der Waals surface area contributed by atoms with E-state index in [0.29, 0.717) is 25.6 Å². The molecule has 0 aliphatic rings. The maximum atomic E-state index is 11.9. The van der Waals surface area contributed by atoms with E-state index in [-0.39, 0.29) is 6.03 Å². The van der Waals surface area contributed by atoms with Crippen LogP contribution in [0.2, 0.25) is 0 Å². The molecule has 0 aliphatic heterocycles. The molecule has 1 aromatic carbocycles. The lowest BCUT2D eigenvalue weighted by molar-refractivity contribution is 0.240. The standard InChI is InChI=1S/C17H21N3O3/c1-3-23-16-14(5-4-10-18-16)12-20-17(21)19-11-13-6-8-15(22-2)9-7-13/h4-10H,3,11-12H2,1-2H3,(H2,19,20,21). The smallest absolute Gasteiger partial charge is 0.315 e. The summed E-state index contributed by atoms with van der Waals surface area (Å²) in [7, 11) is 1.62. The minimum atomic E-state index is -0.243. The van der Waals surface area contributed by atoms with Crippen molar-refractivity contribution in [3.63, 3.8) is 0 Å². The van der Waals surface area contributed by atoms with Gasteiger partial charge in [0.05, 0.1) is 13.7 Å². The Kier molecular flexibility index (Phi) is 6.23. The van der Waals surface area contributed by atoms with Crippen LogP contribution in [-0.4, -0.2) is 24.7 Å². The number of rotatable bonds is 7. The van der Waals surface area contributed by atoms with Crippen molar-refractivity contribution in [1.82, 2.24) is 15.6 Å². The summed E-state index contributed by atoms with van der Waals surface area (Å²) in [5, 5.41) is 5.60. The van der Waals surface area contributed by atoms with Gasteiger partial charge in [0.1, 0.15) is 5.75 Å². The van der Waals surface area contributed by atoms with Crippen LogP contribution in [0.5, 0.6) is 11.6 Å². The molecule has 0 spiro atoms. The van der Waals surface area contributed by atoms with Crippen molar-refractivity contribution in [2.45, 2.75) is 20.0 Å². The number of hydrogen-bond donors (Lipinski definition) is 2. The molecule has 2 aromatic rings. The molecule has 122 valence electrons. The Morgan fingerprint density at radius 3 is 2.57 bits per heavy atom. The number of amides is 2. The number of benzene rings is 1. The zero-order valence-corrected chi connectivity index (χ0v) is 13.3. The summed E-state index contributed by atoms with van der Waals surface area (Å²) in [6, 6.07) is 11.0. The second kappa shape index (κ2) is 8.63. The van der Waals surface area contributed by atoms with Crippen LogP contribution >= 0.6 is 0 Å². The lowest BCUT2D eigenvalue weighted by atomic mass is 10.2. The number of ether oxygens (including phenoxy) is 2. The second-order valence-electron chi connectivity index (χ2n) is 4.78. The van der Waals surface area contributed by atoms with Gasteiger partial charge in [-0.15, -0.1) is 0 Å². The number of nitrogens with one attached hydrogen (secondary N) is 2. The van der Waals surface area contributed by atoms with Gasteiger partial charge >= 0.3 is 6.03 Å². The van der Waals surface area contributed by atoms with Crippen LogP contribution in [-0.2, 0) is 13.1 Å². The predicted octanol–water partition coefficient (Wildman–Crippen LogP) is 2.49. The number of pyridine rings is 1. The minimum Gasteiger partial charge on any atom is -0.497 e. The monoisotopic (exact) mass is 315 g/mol. The van der Waals surface area contributed by atoms with Gasteiger partial charge in [-0.25, -0.2) is 9.78 Å². The quantitative estimate of drug-likeness (QED) is 0.823. The van der Waals surface area contributed by atoms with Gasteiger partial charge < -0.3 is 20.1 Å². The van der Waals surface area contributed by atoms with E-state index >= 15 is 0 Å². The molecular weight excluding hydrogens is 294 g/mol. The van der Waals surface area contributed by atoms with E-state index in [1.165, 1.54) is 0 Å². The highest BCUT2D eigenvalue weighted by molar-refractivity contribution is 5.73. The third kappa shape index (κ3) is 5.18. The lowest BCUT2D eigenvalue weighted by Crippen LogP contribution is -2.34. The van der Waals surface area contributed by atoms with Crippen LogP contribution < -0.4 is 20.1 Å². The summed E-state index contributed by atoms with van der Waals surface area (Å²) in [6.07, 6.45) is 1.66. The zero-order chi connectivity index (χ0) is 16.5. The molecule has 6 heteroatoms. The highest BCUT2D eigenvalue weighted by Gasteiger charge is 2.06. The largest absolute Gasteiger partial charge is 0.497 e. The summed E-state index contributed by atoms with van der Waals surface area (Å²) in [4.78, 5) is 16.0. The molecule has 0 saturated heterocycles. The molecule has 1 heterocycles. The van der Waals surface area contributed by atoms with Crippen molar-refractivity contribution in [3.8, 4) is 11.6 Å². The number of carbonyl (C=O) groups excluding carboxylic acids is 1. The van der Waals surface area contributed by atoms with Crippen LogP contribution in [0.15, 0.2) is 42.6 Å². The third-order valence-corrected chi connectivity index (χ3v) is 3.18. The maximum Gasteiger partial charge on any atom is 0.315 e. The number of hydrogen-bond acceptors (Lipinski definition) is 4. The summed E-state index contributed by atoms with van der Waals surface area (Å²) in [5.41, 5.74) is 1.84. The van der Waals surface area contributed by atoms with Gasteiger partial charge in [0.2, 0.25) is 5.88 Å². The fraction of sp³-hybridized carbons (Fsp3) is 0.294. The van der Waals surface area contributed by atoms with E-state index in [1.54, 1.807) is 13.3 Å². The topological polar surface area (TPSA) is 72.5 Å². The molecule has 0 bridgehead atoms. The molecule has 0 atom stereocenters. The van der Waals surface area contributed by atoms with Gasteiger partial charge in [-0.1, -0.05) is 18.2 Å². The molecule has 23 heavy (non-hydrogen) atoms. The van der Waals surface area contributed by atoms with Crippen molar-refractivity contribution < 1.29 is 14.3 Å². The normalized spacial score (nSPS) is 10.0. The Labute approximate surface area is 135 Å². The summed E-state index contributed by atoms with van der Waals surface area (Å²) >= 11 is 0. The first-order valence-corrected chi connectivity index (χ1v) is 7.44. The maximum absolute atomic E-state index is 11.9. The SMILES string of the molecule is CCOc1ncccc1CNC(=O)NCc1ccc(OC)cc1. The van der Waals surface area contributed by atoms with E-state index in [1.807, 2.05) is 43.3 Å². The molecule has 0 unspecified atom stereocenters. The first-order chi connectivity index (χ1) is 11.2. The Balaban J connectivity index is 1.81. The summed E-state index contributed by atoms with van der Waals surface area (Å²) in [5.74, 6) is 1.34. The van der Waals surface area contributed by atoms with Crippen LogP contribution in [0, 0.1) is 0 Å². The fourth-order valence-corrected chi connectivity index (χ4v) is 1.99. The zero-order valence-electron chi connectivity index (χ0n) is 13.3. The van der Waals surface area contributed by atoms with Crippen molar-refractivity contribution in [1.29, 1.82) is 0 Å². The molecule has 0 saturated carbocycles. The Morgan fingerprint density at radius 1 is 1.13 bits per heavy atom. The van der Waals surface area contributed by atoms with Crippen LogP contribution in [0.4, 0.5) is 4.79 Å². The van der Waals surface area contributed by atoms with Crippen molar-refractivity contribution >= 4 is 6.03 Å².